The van der Waals surface area contributed by atoms with Crippen LogP contribution in [0.3, 0.4) is 0 Å². The maximum atomic E-state index is 13.9. The van der Waals surface area contributed by atoms with Gasteiger partial charge in [-0.15, -0.1) is 0 Å². The third-order valence-corrected chi connectivity index (χ3v) is 3.32. The number of pyridine rings is 1. The minimum absolute atomic E-state index is 0.0759. The number of likely N-dealkylation sites (N-methyl/N-ethyl adjacent to an activating group) is 1. The van der Waals surface area contributed by atoms with Crippen molar-refractivity contribution < 1.29 is 4.39 Å². The smallest absolute Gasteiger partial charge is 0.129 e. The molecular formula is C14H14BrFN2. The summed E-state index contributed by atoms with van der Waals surface area (Å²) >= 11 is 3.26. The third kappa shape index (κ3) is 3.15. The lowest BCUT2D eigenvalue weighted by atomic mass is 10.0. The third-order valence-electron chi connectivity index (χ3n) is 2.83. The molecule has 2 nitrogen and oxygen atoms in total. The fraction of sp³-hybridized carbons (Fsp3) is 0.214. The van der Waals surface area contributed by atoms with Gasteiger partial charge in [0, 0.05) is 34.4 Å². The van der Waals surface area contributed by atoms with Gasteiger partial charge in [-0.3, -0.25) is 4.98 Å². The molecule has 18 heavy (non-hydrogen) atoms. The number of hydrogen-bond acceptors (Lipinski definition) is 2. The predicted octanol–water partition coefficient (Wildman–Crippen LogP) is 3.49. The average molecular weight is 309 g/mol. The molecule has 0 saturated heterocycles. The van der Waals surface area contributed by atoms with Gasteiger partial charge in [-0.1, -0.05) is 28.1 Å². The van der Waals surface area contributed by atoms with Gasteiger partial charge in [0.25, 0.3) is 0 Å². The summed E-state index contributed by atoms with van der Waals surface area (Å²) in [4.78, 5) is 4.27. The highest BCUT2D eigenvalue weighted by Gasteiger charge is 2.15. The van der Waals surface area contributed by atoms with E-state index < -0.39 is 0 Å². The van der Waals surface area contributed by atoms with E-state index in [0.717, 1.165) is 10.2 Å². The maximum absolute atomic E-state index is 13.9. The van der Waals surface area contributed by atoms with Crippen LogP contribution in [0.4, 0.5) is 4.39 Å². The van der Waals surface area contributed by atoms with Crippen LogP contribution in [-0.2, 0) is 6.42 Å². The lowest BCUT2D eigenvalue weighted by Crippen LogP contribution is -2.20. The normalized spacial score (nSPS) is 12.4. The summed E-state index contributed by atoms with van der Waals surface area (Å²) < 4.78 is 14.6. The van der Waals surface area contributed by atoms with Crippen molar-refractivity contribution in [3.05, 3.63) is 64.1 Å². The van der Waals surface area contributed by atoms with Crippen LogP contribution in [0.25, 0.3) is 0 Å². The molecule has 1 aromatic carbocycles. The molecule has 0 spiro atoms. The first-order chi connectivity index (χ1) is 8.70. The minimum atomic E-state index is -0.209. The second kappa shape index (κ2) is 6.07. The predicted molar refractivity (Wildman–Crippen MR) is 73.8 cm³/mol. The van der Waals surface area contributed by atoms with Crippen LogP contribution in [0.2, 0.25) is 0 Å². The molecule has 1 aromatic heterocycles. The summed E-state index contributed by atoms with van der Waals surface area (Å²) in [6.45, 7) is 0. The first-order valence-corrected chi connectivity index (χ1v) is 6.52. The lowest BCUT2D eigenvalue weighted by molar-refractivity contribution is 0.530. The highest BCUT2D eigenvalue weighted by molar-refractivity contribution is 9.10. The van der Waals surface area contributed by atoms with E-state index in [0.29, 0.717) is 12.0 Å². The Hall–Kier alpha value is -1.26. The van der Waals surface area contributed by atoms with E-state index in [-0.39, 0.29) is 11.9 Å². The van der Waals surface area contributed by atoms with E-state index in [1.54, 1.807) is 12.3 Å². The zero-order chi connectivity index (χ0) is 13.0. The van der Waals surface area contributed by atoms with Crippen LogP contribution in [0.15, 0.2) is 47.1 Å². The largest absolute Gasteiger partial charge is 0.313 e. The number of rotatable bonds is 4. The molecule has 0 fully saturated rings. The number of nitrogens with zero attached hydrogens (tertiary/aromatic N) is 1. The van der Waals surface area contributed by atoms with Gasteiger partial charge in [0.15, 0.2) is 0 Å². The van der Waals surface area contributed by atoms with E-state index in [1.165, 1.54) is 6.07 Å². The van der Waals surface area contributed by atoms with Crippen molar-refractivity contribution in [2.24, 2.45) is 0 Å². The molecule has 0 amide bonds. The molecule has 1 heterocycles. The van der Waals surface area contributed by atoms with Crippen LogP contribution >= 0.6 is 15.9 Å². The Labute approximate surface area is 114 Å². The maximum Gasteiger partial charge on any atom is 0.129 e. The van der Waals surface area contributed by atoms with E-state index in [2.05, 4.69) is 26.2 Å². The van der Waals surface area contributed by atoms with Crippen molar-refractivity contribution in [2.75, 3.05) is 7.05 Å². The Kier molecular flexibility index (Phi) is 4.44. The van der Waals surface area contributed by atoms with Gasteiger partial charge in [-0.25, -0.2) is 4.39 Å². The van der Waals surface area contributed by atoms with Crippen molar-refractivity contribution in [1.82, 2.24) is 10.3 Å². The molecule has 94 valence electrons. The van der Waals surface area contributed by atoms with Crippen LogP contribution in [0.1, 0.15) is 17.3 Å². The second-order valence-corrected chi connectivity index (χ2v) is 4.95. The Morgan fingerprint density at radius 2 is 2.17 bits per heavy atom. The number of aromatic nitrogens is 1. The number of benzene rings is 1. The van der Waals surface area contributed by atoms with Crippen LogP contribution in [-0.4, -0.2) is 12.0 Å². The van der Waals surface area contributed by atoms with Gasteiger partial charge < -0.3 is 5.32 Å². The average Bonchev–Trinajstić information content (AvgIpc) is 2.38. The van der Waals surface area contributed by atoms with E-state index >= 15 is 0 Å². The molecule has 1 N–H and O–H groups in total. The van der Waals surface area contributed by atoms with Gasteiger partial charge in [0.1, 0.15) is 5.82 Å². The van der Waals surface area contributed by atoms with Gasteiger partial charge in [0.2, 0.25) is 0 Å². The van der Waals surface area contributed by atoms with Crippen molar-refractivity contribution in [3.63, 3.8) is 0 Å². The molecule has 0 saturated carbocycles. The molecule has 0 radical (unpaired) electrons. The molecule has 0 aliphatic heterocycles. The Balaban J connectivity index is 2.23. The zero-order valence-electron chi connectivity index (χ0n) is 10.0. The molecule has 2 rings (SSSR count). The molecule has 2 aromatic rings. The second-order valence-electron chi connectivity index (χ2n) is 4.03. The van der Waals surface area contributed by atoms with E-state index in [4.69, 9.17) is 0 Å². The Morgan fingerprint density at radius 1 is 1.33 bits per heavy atom. The monoisotopic (exact) mass is 308 g/mol. The van der Waals surface area contributed by atoms with E-state index in [1.807, 2.05) is 31.3 Å². The molecular weight excluding hydrogens is 295 g/mol. The van der Waals surface area contributed by atoms with Crippen molar-refractivity contribution in [1.29, 1.82) is 0 Å². The number of halogens is 2. The molecule has 1 atom stereocenters. The molecule has 1 unspecified atom stereocenters. The summed E-state index contributed by atoms with van der Waals surface area (Å²) in [6, 6.07) is 10.8. The van der Waals surface area contributed by atoms with Crippen molar-refractivity contribution in [2.45, 2.75) is 12.5 Å². The van der Waals surface area contributed by atoms with Gasteiger partial charge in [0.05, 0.1) is 0 Å². The highest BCUT2D eigenvalue weighted by Crippen LogP contribution is 2.23. The summed E-state index contributed by atoms with van der Waals surface area (Å²) in [5.41, 5.74) is 1.60. The quantitative estimate of drug-likeness (QED) is 0.935. The molecule has 0 aliphatic carbocycles. The molecule has 0 bridgehead atoms. The Morgan fingerprint density at radius 3 is 2.78 bits per heavy atom. The van der Waals surface area contributed by atoms with Gasteiger partial charge in [-0.05, 0) is 31.3 Å². The Bertz CT molecular complexity index is 516. The highest BCUT2D eigenvalue weighted by atomic mass is 79.9. The lowest BCUT2D eigenvalue weighted by Gasteiger charge is -2.17. The van der Waals surface area contributed by atoms with Crippen LogP contribution < -0.4 is 5.32 Å². The minimum Gasteiger partial charge on any atom is -0.313 e. The fourth-order valence-electron chi connectivity index (χ4n) is 1.88. The summed E-state index contributed by atoms with van der Waals surface area (Å²) in [5, 5.41) is 3.13. The topological polar surface area (TPSA) is 24.9 Å². The SMILES string of the molecule is CNC(Cc1ccccn1)c1ccc(Br)cc1F. The van der Waals surface area contributed by atoms with E-state index in [9.17, 15) is 4.39 Å². The van der Waals surface area contributed by atoms with Crippen LogP contribution in [0.5, 0.6) is 0 Å². The van der Waals surface area contributed by atoms with Gasteiger partial charge in [-0.2, -0.15) is 0 Å². The van der Waals surface area contributed by atoms with Gasteiger partial charge >= 0.3 is 0 Å². The summed E-state index contributed by atoms with van der Waals surface area (Å²) in [5.74, 6) is -0.209. The molecule has 0 aliphatic rings. The number of hydrogen-bond donors (Lipinski definition) is 1. The zero-order valence-corrected chi connectivity index (χ0v) is 11.6. The summed E-state index contributed by atoms with van der Waals surface area (Å²) in [6.07, 6.45) is 2.41. The first kappa shape index (κ1) is 13.2. The molecule has 4 heteroatoms. The van der Waals surface area contributed by atoms with Crippen molar-refractivity contribution in [3.8, 4) is 0 Å². The fourth-order valence-corrected chi connectivity index (χ4v) is 2.21. The summed E-state index contributed by atoms with van der Waals surface area (Å²) in [7, 11) is 1.83. The standard InChI is InChI=1S/C14H14BrFN2/c1-17-14(9-11-4-2-3-7-18-11)12-6-5-10(15)8-13(12)16/h2-8,14,17H,9H2,1H3. The number of nitrogens with one attached hydrogen (secondary N) is 1. The first-order valence-electron chi connectivity index (χ1n) is 5.73. The van der Waals surface area contributed by atoms with Crippen LogP contribution in [0, 0.1) is 5.82 Å². The van der Waals surface area contributed by atoms with Crippen molar-refractivity contribution >= 4 is 15.9 Å².